The third-order valence-electron chi connectivity index (χ3n) is 0.970. The molecule has 1 nitrogen and oxygen atoms in total. The molecule has 0 amide bonds. The highest BCUT2D eigenvalue weighted by molar-refractivity contribution is 8.51. The molecule has 1 aliphatic heterocycles. The van der Waals surface area contributed by atoms with Crippen LogP contribution in [-0.2, 0) is 4.57 Å². The van der Waals surface area contributed by atoms with Crippen LogP contribution in [0.3, 0.4) is 0 Å². The Morgan fingerprint density at radius 3 is 2.57 bits per heavy atom. The van der Waals surface area contributed by atoms with Gasteiger partial charge in [-0.05, 0) is 12.8 Å². The van der Waals surface area contributed by atoms with Crippen LogP contribution in [0.4, 0.5) is 0 Å². The molecule has 0 aromatic rings. The van der Waals surface area contributed by atoms with Crippen LogP contribution in [0.2, 0.25) is 0 Å². The first-order valence-corrected chi connectivity index (χ1v) is 5.51. The molecule has 1 atom stereocenters. The highest BCUT2D eigenvalue weighted by atomic mass is 32.7. The van der Waals surface area contributed by atoms with Crippen molar-refractivity contribution in [1.29, 1.82) is 0 Å². The molecular weight excluding hydrogens is 127 g/mol. The van der Waals surface area contributed by atoms with Gasteiger partial charge in [0, 0.05) is 5.75 Å². The van der Waals surface area contributed by atoms with Crippen LogP contribution in [0.15, 0.2) is 0 Å². The molecule has 1 unspecified atom stereocenters. The Balaban J connectivity index is 2.25. The third-order valence-corrected chi connectivity index (χ3v) is 4.37. The summed E-state index contributed by atoms with van der Waals surface area (Å²) < 4.78 is 10.6. The van der Waals surface area contributed by atoms with Crippen LogP contribution in [0.1, 0.15) is 12.8 Å². The fourth-order valence-corrected chi connectivity index (χ4v) is 3.49. The molecule has 3 heteroatoms. The Morgan fingerprint density at radius 1 is 1.43 bits per heavy atom. The Labute approximate surface area is 48.4 Å². The van der Waals surface area contributed by atoms with E-state index in [2.05, 4.69) is 0 Å². The minimum Gasteiger partial charge on any atom is -0.0596 e. The Kier molecular flexibility index (Phi) is 2.14. The summed E-state index contributed by atoms with van der Waals surface area (Å²) in [5, 5.41) is 0. The lowest BCUT2D eigenvalue weighted by Gasteiger charge is -1.93. The van der Waals surface area contributed by atoms with Crippen molar-refractivity contribution in [2.24, 2.45) is 0 Å². The van der Waals surface area contributed by atoms with E-state index in [1.165, 1.54) is 12.8 Å². The zero-order chi connectivity index (χ0) is 5.11. The van der Waals surface area contributed by atoms with Crippen LogP contribution < -0.4 is 0 Å². The Morgan fingerprint density at radius 2 is 2.29 bits per heavy atom. The molecule has 0 N–H and O–H groups in total. The van der Waals surface area contributed by atoms with Crippen molar-refractivity contribution in [2.75, 3.05) is 11.9 Å². The van der Waals surface area contributed by atoms with Gasteiger partial charge in [-0.3, -0.25) is 0 Å². The molecule has 0 radical (unpaired) electrons. The Hall–Kier alpha value is 0.450. The van der Waals surface area contributed by atoms with E-state index in [4.69, 9.17) is 0 Å². The molecule has 40 valence electrons. The quantitative estimate of drug-likeness (QED) is 0.474. The van der Waals surface area contributed by atoms with E-state index >= 15 is 0 Å². The van der Waals surface area contributed by atoms with Gasteiger partial charge in [-0.25, -0.2) is 0 Å². The topological polar surface area (TPSA) is 17.1 Å². The van der Waals surface area contributed by atoms with Gasteiger partial charge in [0.1, 0.15) is 11.4 Å². The van der Waals surface area contributed by atoms with E-state index in [-0.39, 0.29) is 0 Å². The summed E-state index contributed by atoms with van der Waals surface area (Å²) in [6.07, 6.45) is 3.41. The van der Waals surface area contributed by atoms with Crippen LogP contribution in [0.25, 0.3) is 0 Å². The van der Waals surface area contributed by atoms with Crippen molar-refractivity contribution in [3.63, 3.8) is 0 Å². The summed E-state index contributed by atoms with van der Waals surface area (Å²) in [6.45, 7) is 0. The fourth-order valence-electron chi connectivity index (χ4n) is 0.574. The van der Waals surface area contributed by atoms with E-state index in [1.54, 1.807) is 11.4 Å². The lowest BCUT2D eigenvalue weighted by Crippen LogP contribution is -1.87. The molecule has 1 fully saturated rings. The molecule has 1 rings (SSSR count). The summed E-state index contributed by atoms with van der Waals surface area (Å²) in [6, 6.07) is 0. The maximum Gasteiger partial charge on any atom is 0.410 e. The average molecular weight is 135 g/mol. The second-order valence-electron chi connectivity index (χ2n) is 1.60. The highest BCUT2D eigenvalue weighted by Crippen LogP contribution is 2.42. The highest BCUT2D eigenvalue weighted by Gasteiger charge is 2.20. The zero-order valence-corrected chi connectivity index (χ0v) is 5.80. The molecule has 0 aromatic carbocycles. The third kappa shape index (κ3) is 1.79. The molecule has 0 aliphatic carbocycles. The van der Waals surface area contributed by atoms with Crippen LogP contribution in [0, 0.1) is 0 Å². The fraction of sp³-hybridized carbons (Fsp3) is 1.00. The van der Waals surface area contributed by atoms with Gasteiger partial charge in [0.25, 0.3) is 0 Å². The standard InChI is InChI=1S/C4H8OPS/c5-6-3-1-2-4-7-6/h1-4H2/q+1. The molecule has 0 aromatic heterocycles. The first-order valence-electron chi connectivity index (χ1n) is 2.47. The van der Waals surface area contributed by atoms with Gasteiger partial charge < -0.3 is 0 Å². The van der Waals surface area contributed by atoms with E-state index in [9.17, 15) is 4.57 Å². The van der Waals surface area contributed by atoms with Crippen molar-refractivity contribution in [2.45, 2.75) is 12.8 Å². The van der Waals surface area contributed by atoms with E-state index in [0.717, 1.165) is 11.9 Å². The number of hydrogen-bond acceptors (Lipinski definition) is 2. The summed E-state index contributed by atoms with van der Waals surface area (Å²) in [5.41, 5.74) is 0. The summed E-state index contributed by atoms with van der Waals surface area (Å²) in [5.74, 6) is 1.12. The van der Waals surface area contributed by atoms with Crippen LogP contribution in [0.5, 0.6) is 0 Å². The van der Waals surface area contributed by atoms with Gasteiger partial charge in [-0.1, -0.05) is 4.57 Å². The second kappa shape index (κ2) is 2.68. The maximum absolute atomic E-state index is 10.6. The van der Waals surface area contributed by atoms with Crippen molar-refractivity contribution in [1.82, 2.24) is 0 Å². The number of rotatable bonds is 0. The largest absolute Gasteiger partial charge is 0.410 e. The molecule has 0 bridgehead atoms. The smallest absolute Gasteiger partial charge is 0.0596 e. The van der Waals surface area contributed by atoms with Crippen molar-refractivity contribution >= 4 is 18.4 Å². The molecule has 1 heterocycles. The first kappa shape index (κ1) is 5.58. The molecular formula is C4H8OPS+. The van der Waals surface area contributed by atoms with Gasteiger partial charge in [0.2, 0.25) is 0 Å². The number of hydrogen-bond donors (Lipinski definition) is 0. The monoisotopic (exact) mass is 135 g/mol. The predicted molar refractivity (Wildman–Crippen MR) is 34.2 cm³/mol. The van der Waals surface area contributed by atoms with Crippen LogP contribution in [-0.4, -0.2) is 11.9 Å². The lowest BCUT2D eigenvalue weighted by atomic mass is 10.4. The SMILES string of the molecule is O=[P+]1CCCCS1. The van der Waals surface area contributed by atoms with E-state index in [1.807, 2.05) is 0 Å². The normalized spacial score (nSPS) is 27.7. The maximum atomic E-state index is 10.6. The molecule has 1 aliphatic rings. The molecule has 7 heavy (non-hydrogen) atoms. The second-order valence-corrected chi connectivity index (χ2v) is 5.37. The van der Waals surface area contributed by atoms with Gasteiger partial charge >= 0.3 is 7.00 Å². The zero-order valence-electron chi connectivity index (χ0n) is 4.09. The summed E-state index contributed by atoms with van der Waals surface area (Å²) in [4.78, 5) is 0. The van der Waals surface area contributed by atoms with Crippen LogP contribution >= 0.6 is 18.4 Å². The van der Waals surface area contributed by atoms with Gasteiger partial charge in [0.05, 0.1) is 0 Å². The average Bonchev–Trinajstić information content (AvgIpc) is 1.69. The van der Waals surface area contributed by atoms with E-state index in [0.29, 0.717) is 0 Å². The first-order chi connectivity index (χ1) is 3.39. The summed E-state index contributed by atoms with van der Waals surface area (Å²) in [7, 11) is -0.825. The minimum absolute atomic E-state index is 0.825. The van der Waals surface area contributed by atoms with Gasteiger partial charge in [0.15, 0.2) is 6.16 Å². The van der Waals surface area contributed by atoms with Crippen molar-refractivity contribution in [3.05, 3.63) is 0 Å². The summed E-state index contributed by atoms with van der Waals surface area (Å²) >= 11 is 1.63. The predicted octanol–water partition coefficient (Wildman–Crippen LogP) is 2.26. The van der Waals surface area contributed by atoms with Crippen molar-refractivity contribution < 1.29 is 4.57 Å². The molecule has 0 saturated carbocycles. The minimum atomic E-state index is -0.825. The van der Waals surface area contributed by atoms with Crippen molar-refractivity contribution in [3.8, 4) is 0 Å². The molecule has 1 saturated heterocycles. The Bertz CT molecular complexity index is 75.8. The molecule has 0 spiro atoms. The lowest BCUT2D eigenvalue weighted by molar-refractivity contribution is 0.593. The van der Waals surface area contributed by atoms with Gasteiger partial charge in [-0.2, -0.15) is 0 Å². The van der Waals surface area contributed by atoms with Gasteiger partial charge in [-0.15, -0.1) is 0 Å². The van der Waals surface area contributed by atoms with E-state index < -0.39 is 7.00 Å².